The number of ether oxygens (including phenoxy) is 1. The molecule has 120 valence electrons. The van der Waals surface area contributed by atoms with Gasteiger partial charge >= 0.3 is 0 Å². The number of nitrogens with one attached hydrogen (secondary N) is 1. The van der Waals surface area contributed by atoms with Crippen molar-refractivity contribution in [2.24, 2.45) is 11.3 Å². The van der Waals surface area contributed by atoms with Crippen LogP contribution in [0.2, 0.25) is 0 Å². The molecule has 20 heavy (non-hydrogen) atoms. The zero-order valence-electron chi connectivity index (χ0n) is 14.1. The minimum atomic E-state index is -0.0365. The van der Waals surface area contributed by atoms with Crippen LogP contribution in [0.15, 0.2) is 0 Å². The third-order valence-electron chi connectivity index (χ3n) is 5.06. The van der Waals surface area contributed by atoms with Gasteiger partial charge in [0.15, 0.2) is 0 Å². The second-order valence-corrected chi connectivity index (χ2v) is 7.23. The molecule has 1 rings (SSSR count). The van der Waals surface area contributed by atoms with E-state index in [1.165, 1.54) is 38.5 Å². The Labute approximate surface area is 126 Å². The van der Waals surface area contributed by atoms with Gasteiger partial charge in [0.05, 0.1) is 11.6 Å². The average molecular weight is 284 g/mol. The van der Waals surface area contributed by atoms with E-state index in [0.717, 1.165) is 25.9 Å². The zero-order valence-corrected chi connectivity index (χ0v) is 14.1. The van der Waals surface area contributed by atoms with Gasteiger partial charge in [-0.05, 0) is 44.4 Å². The van der Waals surface area contributed by atoms with Crippen LogP contribution in [0.4, 0.5) is 0 Å². The van der Waals surface area contributed by atoms with Crippen LogP contribution in [0.5, 0.6) is 0 Å². The van der Waals surface area contributed by atoms with Gasteiger partial charge in [0.1, 0.15) is 0 Å². The van der Waals surface area contributed by atoms with Crippen molar-refractivity contribution in [3.05, 3.63) is 0 Å². The molecule has 3 heteroatoms. The SMILES string of the molecule is CCCCCCC(NN)C1(OCC)CCC(C)(C)CC1. The minimum absolute atomic E-state index is 0.0365. The van der Waals surface area contributed by atoms with Gasteiger partial charge in [0.2, 0.25) is 0 Å². The monoisotopic (exact) mass is 284 g/mol. The molecule has 0 amide bonds. The first kappa shape index (κ1) is 17.9. The highest BCUT2D eigenvalue weighted by molar-refractivity contribution is 4.98. The molecule has 0 aromatic rings. The van der Waals surface area contributed by atoms with Gasteiger partial charge in [-0.25, -0.2) is 0 Å². The highest BCUT2D eigenvalue weighted by atomic mass is 16.5. The summed E-state index contributed by atoms with van der Waals surface area (Å²) in [6, 6.07) is 0.301. The molecular weight excluding hydrogens is 248 g/mol. The molecule has 0 aromatic heterocycles. The summed E-state index contributed by atoms with van der Waals surface area (Å²) >= 11 is 0. The smallest absolute Gasteiger partial charge is 0.0848 e. The Morgan fingerprint density at radius 1 is 1.05 bits per heavy atom. The summed E-state index contributed by atoms with van der Waals surface area (Å²) in [6.45, 7) is 9.88. The lowest BCUT2D eigenvalue weighted by Crippen LogP contribution is -2.57. The van der Waals surface area contributed by atoms with E-state index in [4.69, 9.17) is 10.6 Å². The normalized spacial score (nSPS) is 22.6. The van der Waals surface area contributed by atoms with Crippen molar-refractivity contribution in [1.29, 1.82) is 0 Å². The van der Waals surface area contributed by atoms with Crippen molar-refractivity contribution in [1.82, 2.24) is 5.43 Å². The lowest BCUT2D eigenvalue weighted by Gasteiger charge is -2.47. The van der Waals surface area contributed by atoms with Crippen molar-refractivity contribution in [3.63, 3.8) is 0 Å². The van der Waals surface area contributed by atoms with Crippen LogP contribution in [-0.2, 0) is 4.74 Å². The lowest BCUT2D eigenvalue weighted by molar-refractivity contribution is -0.108. The summed E-state index contributed by atoms with van der Waals surface area (Å²) in [7, 11) is 0. The summed E-state index contributed by atoms with van der Waals surface area (Å²) in [5.74, 6) is 5.87. The lowest BCUT2D eigenvalue weighted by atomic mass is 9.68. The van der Waals surface area contributed by atoms with Crippen LogP contribution < -0.4 is 11.3 Å². The third-order valence-corrected chi connectivity index (χ3v) is 5.06. The number of hydrazine groups is 1. The molecule has 3 nitrogen and oxygen atoms in total. The van der Waals surface area contributed by atoms with E-state index in [-0.39, 0.29) is 5.60 Å². The maximum Gasteiger partial charge on any atom is 0.0848 e. The summed E-state index contributed by atoms with van der Waals surface area (Å²) in [4.78, 5) is 0. The van der Waals surface area contributed by atoms with Crippen molar-refractivity contribution in [2.45, 2.75) is 97.1 Å². The Kier molecular flexibility index (Phi) is 7.49. The Bertz CT molecular complexity index is 256. The molecule has 1 unspecified atom stereocenters. The van der Waals surface area contributed by atoms with Crippen molar-refractivity contribution >= 4 is 0 Å². The summed E-state index contributed by atoms with van der Waals surface area (Å²) in [6.07, 6.45) is 11.0. The molecule has 1 fully saturated rings. The summed E-state index contributed by atoms with van der Waals surface area (Å²) in [5, 5.41) is 0. The maximum atomic E-state index is 6.23. The van der Waals surface area contributed by atoms with E-state index in [2.05, 4.69) is 33.1 Å². The fourth-order valence-corrected chi connectivity index (χ4v) is 3.50. The molecule has 0 saturated heterocycles. The van der Waals surface area contributed by atoms with Gasteiger partial charge in [-0.1, -0.05) is 46.5 Å². The standard InChI is InChI=1S/C17H36N2O/c1-5-7-8-9-10-15(19-18)17(20-6-2)13-11-16(3,4)12-14-17/h15,19H,5-14,18H2,1-4H3. The van der Waals surface area contributed by atoms with E-state index in [1.54, 1.807) is 0 Å². The summed E-state index contributed by atoms with van der Waals surface area (Å²) in [5.41, 5.74) is 3.50. The number of hydrogen-bond acceptors (Lipinski definition) is 3. The van der Waals surface area contributed by atoms with Crippen molar-refractivity contribution < 1.29 is 4.74 Å². The first-order valence-electron chi connectivity index (χ1n) is 8.60. The number of nitrogens with two attached hydrogens (primary N) is 1. The molecule has 0 heterocycles. The maximum absolute atomic E-state index is 6.23. The van der Waals surface area contributed by atoms with E-state index in [0.29, 0.717) is 11.5 Å². The van der Waals surface area contributed by atoms with Gasteiger partial charge in [-0.2, -0.15) is 0 Å². The predicted octanol–water partition coefficient (Wildman–Crippen LogP) is 4.16. The van der Waals surface area contributed by atoms with Crippen LogP contribution in [0.1, 0.15) is 85.5 Å². The molecule has 0 bridgehead atoms. The molecule has 0 aromatic carbocycles. The highest BCUT2D eigenvalue weighted by Crippen LogP contribution is 2.44. The van der Waals surface area contributed by atoms with Gasteiger partial charge in [0.25, 0.3) is 0 Å². The number of unbranched alkanes of at least 4 members (excludes halogenated alkanes) is 3. The van der Waals surface area contributed by atoms with E-state index >= 15 is 0 Å². The van der Waals surface area contributed by atoms with Crippen LogP contribution in [0, 0.1) is 5.41 Å². The van der Waals surface area contributed by atoms with Crippen LogP contribution >= 0.6 is 0 Å². The van der Waals surface area contributed by atoms with Gasteiger partial charge in [-0.3, -0.25) is 11.3 Å². The van der Waals surface area contributed by atoms with Crippen LogP contribution in [0.3, 0.4) is 0 Å². The molecule has 1 saturated carbocycles. The fraction of sp³-hybridized carbons (Fsp3) is 1.00. The molecule has 3 N–H and O–H groups in total. The Morgan fingerprint density at radius 2 is 1.70 bits per heavy atom. The topological polar surface area (TPSA) is 47.3 Å². The van der Waals surface area contributed by atoms with Crippen LogP contribution in [-0.4, -0.2) is 18.2 Å². The number of hydrogen-bond donors (Lipinski definition) is 2. The van der Waals surface area contributed by atoms with E-state index in [9.17, 15) is 0 Å². The molecular formula is C17H36N2O. The van der Waals surface area contributed by atoms with Crippen molar-refractivity contribution in [3.8, 4) is 0 Å². The Morgan fingerprint density at radius 3 is 2.20 bits per heavy atom. The average Bonchev–Trinajstić information content (AvgIpc) is 2.42. The Hall–Kier alpha value is -0.120. The molecule has 0 radical (unpaired) electrons. The van der Waals surface area contributed by atoms with E-state index in [1.807, 2.05) is 0 Å². The highest BCUT2D eigenvalue weighted by Gasteiger charge is 2.44. The van der Waals surface area contributed by atoms with Crippen molar-refractivity contribution in [2.75, 3.05) is 6.61 Å². The van der Waals surface area contributed by atoms with Gasteiger partial charge in [0, 0.05) is 6.61 Å². The second kappa shape index (κ2) is 8.35. The second-order valence-electron chi connectivity index (χ2n) is 7.23. The number of rotatable bonds is 9. The van der Waals surface area contributed by atoms with Gasteiger partial charge in [-0.15, -0.1) is 0 Å². The quantitative estimate of drug-likeness (QED) is 0.379. The largest absolute Gasteiger partial charge is 0.374 e. The molecule has 0 spiro atoms. The van der Waals surface area contributed by atoms with Crippen LogP contribution in [0.25, 0.3) is 0 Å². The molecule has 1 atom stereocenters. The van der Waals surface area contributed by atoms with Gasteiger partial charge < -0.3 is 4.74 Å². The first-order valence-corrected chi connectivity index (χ1v) is 8.60. The zero-order chi connectivity index (χ0) is 15.1. The minimum Gasteiger partial charge on any atom is -0.374 e. The molecule has 1 aliphatic rings. The predicted molar refractivity (Wildman–Crippen MR) is 86.5 cm³/mol. The fourth-order valence-electron chi connectivity index (χ4n) is 3.50. The van der Waals surface area contributed by atoms with E-state index < -0.39 is 0 Å². The Balaban J connectivity index is 2.61. The molecule has 1 aliphatic carbocycles. The third kappa shape index (κ3) is 5.01. The molecule has 0 aliphatic heterocycles. The summed E-state index contributed by atoms with van der Waals surface area (Å²) < 4.78 is 6.23. The first-order chi connectivity index (χ1) is 9.49.